The van der Waals surface area contributed by atoms with Crippen LogP contribution in [0.25, 0.3) is 0 Å². The van der Waals surface area contributed by atoms with Crippen molar-refractivity contribution in [3.63, 3.8) is 0 Å². The van der Waals surface area contributed by atoms with Crippen LogP contribution in [0.2, 0.25) is 0 Å². The van der Waals surface area contributed by atoms with Gasteiger partial charge in [-0.3, -0.25) is 4.79 Å². The zero-order valence-electron chi connectivity index (χ0n) is 9.12. The smallest absolute Gasteiger partial charge is 0.221 e. The van der Waals surface area contributed by atoms with E-state index in [1.165, 1.54) is 0 Å². The van der Waals surface area contributed by atoms with Crippen LogP contribution in [0.4, 0.5) is 0 Å². The van der Waals surface area contributed by atoms with Gasteiger partial charge in [-0.05, 0) is 13.8 Å². The minimum absolute atomic E-state index is 0.00210. The molecule has 5 heteroatoms. The lowest BCUT2D eigenvalue weighted by Crippen LogP contribution is -2.39. The number of carbonyl (C=O) groups is 1. The number of nitrogens with two attached hydrogens (primary N) is 1. The fraction of sp³-hybridized carbons (Fsp3) is 0.600. The van der Waals surface area contributed by atoms with E-state index in [-0.39, 0.29) is 5.91 Å². The molecule has 0 fully saturated rings. The Balaban J connectivity index is 2.18. The van der Waals surface area contributed by atoms with Gasteiger partial charge in [0.1, 0.15) is 0 Å². The molecule has 0 atom stereocenters. The standard InChI is InChI=1S/C10H17N3OS/c1-10(2,11)5-9(14)12-4-3-8-6-15-7-13-8/h6-7H,3-5,11H2,1-2H3,(H,12,14). The summed E-state index contributed by atoms with van der Waals surface area (Å²) in [5.74, 6) is -0.00210. The quantitative estimate of drug-likeness (QED) is 0.786. The van der Waals surface area contributed by atoms with Gasteiger partial charge in [-0.25, -0.2) is 4.98 Å². The molecule has 1 aromatic heterocycles. The molecule has 1 amide bonds. The van der Waals surface area contributed by atoms with Gasteiger partial charge in [-0.2, -0.15) is 0 Å². The first-order valence-electron chi connectivity index (χ1n) is 4.90. The highest BCUT2D eigenvalue weighted by atomic mass is 32.1. The summed E-state index contributed by atoms with van der Waals surface area (Å²) in [4.78, 5) is 15.5. The fourth-order valence-corrected chi connectivity index (χ4v) is 1.76. The zero-order valence-corrected chi connectivity index (χ0v) is 9.93. The summed E-state index contributed by atoms with van der Waals surface area (Å²) < 4.78 is 0. The Morgan fingerprint density at radius 1 is 1.67 bits per heavy atom. The molecule has 0 saturated carbocycles. The third kappa shape index (κ3) is 5.49. The number of nitrogens with one attached hydrogen (secondary N) is 1. The first-order chi connectivity index (χ1) is 6.97. The average molecular weight is 227 g/mol. The number of hydrogen-bond donors (Lipinski definition) is 2. The summed E-state index contributed by atoms with van der Waals surface area (Å²) >= 11 is 1.56. The predicted octanol–water partition coefficient (Wildman–Crippen LogP) is 0.929. The van der Waals surface area contributed by atoms with E-state index in [0.29, 0.717) is 13.0 Å². The summed E-state index contributed by atoms with van der Waals surface area (Å²) in [7, 11) is 0. The molecule has 0 aliphatic heterocycles. The van der Waals surface area contributed by atoms with Crippen molar-refractivity contribution in [2.24, 2.45) is 5.73 Å². The number of thiazole rings is 1. The molecule has 0 radical (unpaired) electrons. The Morgan fingerprint density at radius 3 is 2.93 bits per heavy atom. The number of nitrogens with zero attached hydrogens (tertiary/aromatic N) is 1. The maximum Gasteiger partial charge on any atom is 0.221 e. The lowest BCUT2D eigenvalue weighted by molar-refractivity contribution is -0.121. The van der Waals surface area contributed by atoms with Gasteiger partial charge in [0.25, 0.3) is 0 Å². The van der Waals surface area contributed by atoms with Crippen molar-refractivity contribution in [2.75, 3.05) is 6.54 Å². The molecule has 1 rings (SSSR count). The van der Waals surface area contributed by atoms with Crippen LogP contribution >= 0.6 is 11.3 Å². The van der Waals surface area contributed by atoms with Crippen molar-refractivity contribution in [2.45, 2.75) is 32.2 Å². The fourth-order valence-electron chi connectivity index (χ4n) is 1.17. The van der Waals surface area contributed by atoms with Crippen LogP contribution in [-0.4, -0.2) is 23.0 Å². The molecule has 15 heavy (non-hydrogen) atoms. The minimum Gasteiger partial charge on any atom is -0.356 e. The monoisotopic (exact) mass is 227 g/mol. The molecule has 0 aromatic carbocycles. The van der Waals surface area contributed by atoms with Crippen molar-refractivity contribution in [3.05, 3.63) is 16.6 Å². The SMILES string of the molecule is CC(C)(N)CC(=O)NCCc1cscn1. The van der Waals surface area contributed by atoms with E-state index >= 15 is 0 Å². The molecule has 4 nitrogen and oxygen atoms in total. The normalized spacial score (nSPS) is 11.4. The van der Waals surface area contributed by atoms with Gasteiger partial charge in [-0.15, -0.1) is 11.3 Å². The maximum absolute atomic E-state index is 11.4. The van der Waals surface area contributed by atoms with Gasteiger partial charge in [-0.1, -0.05) is 0 Å². The van der Waals surface area contributed by atoms with E-state index in [4.69, 9.17) is 5.73 Å². The molecule has 0 bridgehead atoms. The molecular formula is C10H17N3OS. The second-order valence-corrected chi connectivity index (χ2v) is 4.96. The summed E-state index contributed by atoms with van der Waals surface area (Å²) in [6, 6.07) is 0. The van der Waals surface area contributed by atoms with Gasteiger partial charge < -0.3 is 11.1 Å². The Kier molecular flexibility index (Phi) is 4.23. The van der Waals surface area contributed by atoms with Gasteiger partial charge >= 0.3 is 0 Å². The molecule has 0 spiro atoms. The molecule has 1 aromatic rings. The second kappa shape index (κ2) is 5.23. The van der Waals surface area contributed by atoms with E-state index in [1.54, 1.807) is 16.8 Å². The zero-order chi connectivity index (χ0) is 11.3. The van der Waals surface area contributed by atoms with E-state index in [2.05, 4.69) is 10.3 Å². The second-order valence-electron chi connectivity index (χ2n) is 4.25. The number of carbonyl (C=O) groups excluding carboxylic acids is 1. The molecule has 0 aliphatic rings. The van der Waals surface area contributed by atoms with E-state index in [9.17, 15) is 4.79 Å². The van der Waals surface area contributed by atoms with Gasteiger partial charge in [0.2, 0.25) is 5.91 Å². The summed E-state index contributed by atoms with van der Waals surface area (Å²) in [6.07, 6.45) is 1.13. The topological polar surface area (TPSA) is 68.0 Å². The van der Waals surface area contributed by atoms with Crippen molar-refractivity contribution in [3.8, 4) is 0 Å². The molecule has 0 aliphatic carbocycles. The molecule has 1 heterocycles. The van der Waals surface area contributed by atoms with Crippen LogP contribution in [-0.2, 0) is 11.2 Å². The molecule has 84 valence electrons. The van der Waals surface area contributed by atoms with E-state index < -0.39 is 5.54 Å². The Labute approximate surface area is 93.9 Å². The molecule has 3 N–H and O–H groups in total. The largest absolute Gasteiger partial charge is 0.356 e. The first-order valence-corrected chi connectivity index (χ1v) is 5.84. The van der Waals surface area contributed by atoms with Crippen molar-refractivity contribution in [1.82, 2.24) is 10.3 Å². The van der Waals surface area contributed by atoms with Crippen LogP contribution in [0.3, 0.4) is 0 Å². The van der Waals surface area contributed by atoms with Crippen LogP contribution < -0.4 is 11.1 Å². The van der Waals surface area contributed by atoms with Crippen LogP contribution in [0.1, 0.15) is 26.0 Å². The average Bonchev–Trinajstić information content (AvgIpc) is 2.53. The van der Waals surface area contributed by atoms with E-state index in [0.717, 1.165) is 12.1 Å². The van der Waals surface area contributed by atoms with Gasteiger partial charge in [0.15, 0.2) is 0 Å². The molecule has 0 saturated heterocycles. The number of hydrogen-bond acceptors (Lipinski definition) is 4. The van der Waals surface area contributed by atoms with Crippen LogP contribution in [0, 0.1) is 0 Å². The number of amides is 1. The van der Waals surface area contributed by atoms with Crippen molar-refractivity contribution < 1.29 is 4.79 Å². The Morgan fingerprint density at radius 2 is 2.40 bits per heavy atom. The third-order valence-electron chi connectivity index (χ3n) is 1.80. The Hall–Kier alpha value is -0.940. The van der Waals surface area contributed by atoms with Crippen molar-refractivity contribution in [1.29, 1.82) is 0 Å². The molecule has 0 unspecified atom stereocenters. The first kappa shape index (κ1) is 12.1. The summed E-state index contributed by atoms with van der Waals surface area (Å²) in [5, 5.41) is 4.81. The maximum atomic E-state index is 11.4. The summed E-state index contributed by atoms with van der Waals surface area (Å²) in [5.41, 5.74) is 8.10. The Bertz CT molecular complexity index is 303. The van der Waals surface area contributed by atoms with E-state index in [1.807, 2.05) is 19.2 Å². The highest BCUT2D eigenvalue weighted by Gasteiger charge is 2.15. The van der Waals surface area contributed by atoms with Crippen molar-refractivity contribution >= 4 is 17.2 Å². The highest BCUT2D eigenvalue weighted by Crippen LogP contribution is 2.03. The number of rotatable bonds is 5. The molecular weight excluding hydrogens is 210 g/mol. The van der Waals surface area contributed by atoms with Crippen LogP contribution in [0.15, 0.2) is 10.9 Å². The van der Waals surface area contributed by atoms with Gasteiger partial charge in [0, 0.05) is 30.3 Å². The van der Waals surface area contributed by atoms with Gasteiger partial charge in [0.05, 0.1) is 11.2 Å². The minimum atomic E-state index is -0.440. The third-order valence-corrected chi connectivity index (χ3v) is 2.44. The summed E-state index contributed by atoms with van der Waals surface area (Å²) in [6.45, 7) is 4.30. The predicted molar refractivity (Wildman–Crippen MR) is 61.7 cm³/mol. The highest BCUT2D eigenvalue weighted by molar-refractivity contribution is 7.07. The lowest BCUT2D eigenvalue weighted by Gasteiger charge is -2.17. The van der Waals surface area contributed by atoms with Crippen LogP contribution in [0.5, 0.6) is 0 Å². The number of aromatic nitrogens is 1. The lowest BCUT2D eigenvalue weighted by atomic mass is 10.0.